The molecule has 2 aliphatic rings. The highest BCUT2D eigenvalue weighted by atomic mass is 32.2. The molecule has 0 bridgehead atoms. The van der Waals surface area contributed by atoms with Crippen LogP contribution < -0.4 is 5.30 Å². The van der Waals surface area contributed by atoms with Gasteiger partial charge in [-0.15, -0.1) is 0 Å². The Labute approximate surface area is 173 Å². The molecule has 1 atom stereocenters. The van der Waals surface area contributed by atoms with Gasteiger partial charge >= 0.3 is 0 Å². The molecule has 0 aromatic carbocycles. The van der Waals surface area contributed by atoms with Gasteiger partial charge in [-0.2, -0.15) is 5.10 Å². The Bertz CT molecular complexity index is 1130. The summed E-state index contributed by atoms with van der Waals surface area (Å²) < 4.78 is 25.6. The number of rotatable bonds is 3. The highest BCUT2D eigenvalue weighted by Crippen LogP contribution is 2.37. The molecule has 8 heteroatoms. The topological polar surface area (TPSA) is 77.2 Å². The number of allylic oxidation sites excluding steroid dienone is 2. The monoisotopic (exact) mass is 429 g/mol. The first-order chi connectivity index (χ1) is 13.7. The quantitative estimate of drug-likeness (QED) is 0.698. The fraction of sp³-hybridized carbons (Fsp3) is 0.429. The van der Waals surface area contributed by atoms with Crippen LogP contribution in [0.3, 0.4) is 0 Å². The Kier molecular flexibility index (Phi) is 5.30. The molecule has 1 unspecified atom stereocenters. The van der Waals surface area contributed by atoms with Gasteiger partial charge in [0.25, 0.3) is 0 Å². The van der Waals surface area contributed by atoms with E-state index in [1.54, 1.807) is 0 Å². The van der Waals surface area contributed by atoms with Crippen molar-refractivity contribution in [3.8, 4) is 11.3 Å². The third-order valence-electron chi connectivity index (χ3n) is 5.87. The molecule has 1 fully saturated rings. The van der Waals surface area contributed by atoms with Crippen molar-refractivity contribution in [1.82, 2.24) is 14.8 Å². The summed E-state index contributed by atoms with van der Waals surface area (Å²) in [5.41, 5.74) is 5.08. The highest BCUT2D eigenvalue weighted by molar-refractivity contribution is 7.91. The Morgan fingerprint density at radius 1 is 1.17 bits per heavy atom. The van der Waals surface area contributed by atoms with E-state index in [0.717, 1.165) is 40.2 Å². The first kappa shape index (κ1) is 20.2. The van der Waals surface area contributed by atoms with Gasteiger partial charge in [0.2, 0.25) is 0 Å². The number of hydrogen-bond donors (Lipinski definition) is 0. The number of sulfone groups is 1. The molecule has 2 aromatic rings. The molecule has 2 aliphatic heterocycles. The third kappa shape index (κ3) is 3.99. The minimum Gasteiger partial charge on any atom is -0.251 e. The van der Waals surface area contributed by atoms with Crippen LogP contribution in [-0.4, -0.2) is 53.4 Å². The van der Waals surface area contributed by atoms with Gasteiger partial charge in [0.05, 0.1) is 41.5 Å². The molecule has 4 heterocycles. The molecule has 0 saturated carbocycles. The van der Waals surface area contributed by atoms with E-state index in [2.05, 4.69) is 43.0 Å². The second-order valence-corrected chi connectivity index (χ2v) is 12.2. The van der Waals surface area contributed by atoms with Gasteiger partial charge in [-0.1, -0.05) is 0 Å². The fourth-order valence-electron chi connectivity index (χ4n) is 3.86. The van der Waals surface area contributed by atoms with Gasteiger partial charge in [0, 0.05) is 17.8 Å². The maximum Gasteiger partial charge on any atom is 0.165 e. The zero-order valence-electron chi connectivity index (χ0n) is 17.1. The predicted octanol–water partition coefficient (Wildman–Crippen LogP) is 3.67. The minimum absolute atomic E-state index is 0.195. The number of pyridine rings is 1. The fourth-order valence-corrected chi connectivity index (χ4v) is 5.94. The average molecular weight is 430 g/mol. The molecule has 0 radical (unpaired) electrons. The average Bonchev–Trinajstić information content (AvgIpc) is 3.05. The third-order valence-corrected chi connectivity index (χ3v) is 8.73. The number of hydrogen-bond acceptors (Lipinski definition) is 5. The van der Waals surface area contributed by atoms with Gasteiger partial charge in [-0.05, 0) is 50.3 Å². The van der Waals surface area contributed by atoms with E-state index < -0.39 is 17.4 Å². The molecule has 152 valence electrons. The second kappa shape index (κ2) is 7.62. The Hall–Kier alpha value is -2.11. The maximum absolute atomic E-state index is 11.9. The van der Waals surface area contributed by atoms with Crippen LogP contribution in [-0.2, 0) is 9.84 Å². The van der Waals surface area contributed by atoms with E-state index in [9.17, 15) is 8.42 Å². The molecular formula is C21H26N4O2PS+. The van der Waals surface area contributed by atoms with Crippen molar-refractivity contribution >= 4 is 46.2 Å². The SMILES string of the molecule is C=[P+](C)c1ccc(-c2cnn3c2N=C(C2CCS(=O)(=O)CC2)CC(C)=C3C)nc1. The van der Waals surface area contributed by atoms with Gasteiger partial charge in [0.15, 0.2) is 11.1 Å². The van der Waals surface area contributed by atoms with Crippen LogP contribution in [0.15, 0.2) is 35.1 Å². The lowest BCUT2D eigenvalue weighted by atomic mass is 9.92. The Morgan fingerprint density at radius 2 is 1.90 bits per heavy atom. The van der Waals surface area contributed by atoms with Crippen molar-refractivity contribution in [2.75, 3.05) is 18.2 Å². The van der Waals surface area contributed by atoms with E-state index in [1.807, 2.05) is 23.1 Å². The van der Waals surface area contributed by atoms with E-state index >= 15 is 0 Å². The normalized spacial score (nSPS) is 20.1. The Balaban J connectivity index is 1.76. The van der Waals surface area contributed by atoms with Crippen LogP contribution in [0.2, 0.25) is 0 Å². The van der Waals surface area contributed by atoms with Crippen LogP contribution in [0, 0.1) is 5.92 Å². The van der Waals surface area contributed by atoms with Crippen LogP contribution in [0.4, 0.5) is 5.82 Å². The molecular weight excluding hydrogens is 403 g/mol. The smallest absolute Gasteiger partial charge is 0.165 e. The molecule has 0 aliphatic carbocycles. The van der Waals surface area contributed by atoms with Crippen molar-refractivity contribution in [2.45, 2.75) is 33.1 Å². The molecule has 0 N–H and O–H groups in total. The van der Waals surface area contributed by atoms with Crippen molar-refractivity contribution in [3.05, 3.63) is 30.1 Å². The van der Waals surface area contributed by atoms with Crippen molar-refractivity contribution in [2.24, 2.45) is 10.9 Å². The largest absolute Gasteiger partial charge is 0.251 e. The summed E-state index contributed by atoms with van der Waals surface area (Å²) in [5.74, 6) is 1.48. The summed E-state index contributed by atoms with van der Waals surface area (Å²) in [6.07, 6.45) is 9.87. The summed E-state index contributed by atoms with van der Waals surface area (Å²) >= 11 is 0. The lowest BCUT2D eigenvalue weighted by molar-refractivity contribution is 0.547. The van der Waals surface area contributed by atoms with Gasteiger partial charge in [-0.3, -0.25) is 4.98 Å². The number of aromatic nitrogens is 3. The lowest BCUT2D eigenvalue weighted by Gasteiger charge is -2.23. The van der Waals surface area contributed by atoms with Crippen molar-refractivity contribution < 1.29 is 8.42 Å². The van der Waals surface area contributed by atoms with Gasteiger partial charge in [0.1, 0.15) is 24.0 Å². The van der Waals surface area contributed by atoms with E-state index in [-0.39, 0.29) is 17.4 Å². The summed E-state index contributed by atoms with van der Waals surface area (Å²) in [6.45, 7) is 6.27. The molecule has 0 amide bonds. The molecule has 2 aromatic heterocycles. The molecule has 1 saturated heterocycles. The number of fused-ring (bicyclic) bond motifs is 1. The van der Waals surface area contributed by atoms with Crippen LogP contribution in [0.25, 0.3) is 17.0 Å². The zero-order valence-corrected chi connectivity index (χ0v) is 18.8. The molecule has 6 nitrogen and oxygen atoms in total. The standard InChI is InChI=1S/C21H26N4O2PS/c1-14-11-20(16-7-9-29(26,27)10-8-16)24-21-18(13-23-25(21)15(14)2)19-6-5-17(12-22-19)28(3)4/h5-6,12-13,16H,3,7-11H2,1-2,4H3/q+1. The van der Waals surface area contributed by atoms with Crippen LogP contribution >= 0.6 is 7.55 Å². The van der Waals surface area contributed by atoms with E-state index in [1.165, 1.54) is 5.57 Å². The second-order valence-electron chi connectivity index (χ2n) is 7.96. The molecule has 0 spiro atoms. The van der Waals surface area contributed by atoms with Crippen LogP contribution in [0.1, 0.15) is 33.1 Å². The van der Waals surface area contributed by atoms with Gasteiger partial charge < -0.3 is 0 Å². The van der Waals surface area contributed by atoms with Crippen molar-refractivity contribution in [1.29, 1.82) is 0 Å². The zero-order chi connectivity index (χ0) is 20.8. The van der Waals surface area contributed by atoms with E-state index in [4.69, 9.17) is 4.99 Å². The molecule has 29 heavy (non-hydrogen) atoms. The predicted molar refractivity (Wildman–Crippen MR) is 123 cm³/mol. The van der Waals surface area contributed by atoms with Gasteiger partial charge in [-0.25, -0.2) is 18.1 Å². The highest BCUT2D eigenvalue weighted by Gasteiger charge is 2.29. The summed E-state index contributed by atoms with van der Waals surface area (Å²) in [5, 5.41) is 5.75. The summed E-state index contributed by atoms with van der Waals surface area (Å²) in [6, 6.07) is 4.09. The lowest BCUT2D eigenvalue weighted by Crippen LogP contribution is -2.28. The first-order valence-electron chi connectivity index (χ1n) is 9.78. The van der Waals surface area contributed by atoms with Crippen LogP contribution in [0.5, 0.6) is 0 Å². The summed E-state index contributed by atoms with van der Waals surface area (Å²) in [7, 11) is -3.33. The Morgan fingerprint density at radius 3 is 2.52 bits per heavy atom. The minimum atomic E-state index is -2.90. The number of nitrogens with zero attached hydrogens (tertiary/aromatic N) is 4. The first-order valence-corrected chi connectivity index (χ1v) is 13.6. The van der Waals surface area contributed by atoms with E-state index in [0.29, 0.717) is 12.8 Å². The molecule has 4 rings (SSSR count). The maximum atomic E-state index is 11.9. The summed E-state index contributed by atoms with van der Waals surface area (Å²) in [4.78, 5) is 9.68. The number of aliphatic imine (C=N–C) groups is 1. The van der Waals surface area contributed by atoms with Crippen molar-refractivity contribution in [3.63, 3.8) is 0 Å².